The van der Waals surface area contributed by atoms with Crippen LogP contribution in [0.2, 0.25) is 0 Å². The number of benzene rings is 1. The van der Waals surface area contributed by atoms with Crippen LogP contribution in [0.3, 0.4) is 0 Å². The fourth-order valence-corrected chi connectivity index (χ4v) is 2.56. The molecule has 0 saturated heterocycles. The van der Waals surface area contributed by atoms with E-state index >= 15 is 0 Å². The number of rotatable bonds is 6. The van der Waals surface area contributed by atoms with Crippen molar-refractivity contribution in [1.82, 2.24) is 20.3 Å². The summed E-state index contributed by atoms with van der Waals surface area (Å²) >= 11 is 0. The molecule has 0 amide bonds. The standard InChI is InChI=1S/C16H23FN4/c1-5-14(18-7-3)16-15(6-2)21(20-19-16)12-8-9-13(17)11(4)10-12/h8-10,14,18H,5-7H2,1-4H3. The van der Waals surface area contributed by atoms with Crippen molar-refractivity contribution in [3.8, 4) is 5.69 Å². The molecular weight excluding hydrogens is 267 g/mol. The number of hydrogen-bond donors (Lipinski definition) is 1. The van der Waals surface area contributed by atoms with E-state index in [0.29, 0.717) is 5.56 Å². The van der Waals surface area contributed by atoms with Crippen molar-refractivity contribution in [1.29, 1.82) is 0 Å². The Balaban J connectivity index is 2.45. The fraction of sp³-hybridized carbons (Fsp3) is 0.500. The first-order valence-electron chi connectivity index (χ1n) is 7.56. The van der Waals surface area contributed by atoms with Crippen LogP contribution in [0, 0.1) is 12.7 Å². The van der Waals surface area contributed by atoms with Crippen molar-refractivity contribution in [2.45, 2.75) is 46.6 Å². The lowest BCUT2D eigenvalue weighted by molar-refractivity contribution is 0.520. The van der Waals surface area contributed by atoms with Crippen LogP contribution >= 0.6 is 0 Å². The average Bonchev–Trinajstić information content (AvgIpc) is 2.91. The predicted molar refractivity (Wildman–Crippen MR) is 82.1 cm³/mol. The molecule has 0 radical (unpaired) electrons. The van der Waals surface area contributed by atoms with Gasteiger partial charge in [0.1, 0.15) is 11.5 Å². The Morgan fingerprint density at radius 2 is 2.05 bits per heavy atom. The third-order valence-corrected chi connectivity index (χ3v) is 3.70. The highest BCUT2D eigenvalue weighted by atomic mass is 19.1. The molecule has 0 fully saturated rings. The van der Waals surface area contributed by atoms with Gasteiger partial charge in [0, 0.05) is 0 Å². The number of aromatic nitrogens is 3. The minimum absolute atomic E-state index is 0.198. The number of halogens is 1. The second-order valence-corrected chi connectivity index (χ2v) is 5.14. The van der Waals surface area contributed by atoms with Gasteiger partial charge in [-0.25, -0.2) is 9.07 Å². The Bertz CT molecular complexity index is 606. The highest BCUT2D eigenvalue weighted by Gasteiger charge is 2.19. The smallest absolute Gasteiger partial charge is 0.126 e. The van der Waals surface area contributed by atoms with E-state index < -0.39 is 0 Å². The van der Waals surface area contributed by atoms with E-state index in [-0.39, 0.29) is 11.9 Å². The Morgan fingerprint density at radius 1 is 1.29 bits per heavy atom. The van der Waals surface area contributed by atoms with Crippen molar-refractivity contribution < 1.29 is 4.39 Å². The number of aryl methyl sites for hydroxylation is 1. The van der Waals surface area contributed by atoms with Gasteiger partial charge in [-0.15, -0.1) is 5.10 Å². The molecule has 0 aliphatic carbocycles. The number of hydrogen-bond acceptors (Lipinski definition) is 3. The van der Waals surface area contributed by atoms with E-state index in [4.69, 9.17) is 0 Å². The molecule has 1 N–H and O–H groups in total. The van der Waals surface area contributed by atoms with Crippen molar-refractivity contribution >= 4 is 0 Å². The van der Waals surface area contributed by atoms with E-state index in [9.17, 15) is 4.39 Å². The molecule has 0 bridgehead atoms. The van der Waals surface area contributed by atoms with E-state index in [1.165, 1.54) is 6.07 Å². The molecule has 2 aromatic rings. The summed E-state index contributed by atoms with van der Waals surface area (Å²) in [6.45, 7) is 8.96. The third kappa shape index (κ3) is 3.13. The van der Waals surface area contributed by atoms with Gasteiger partial charge in [0.25, 0.3) is 0 Å². The summed E-state index contributed by atoms with van der Waals surface area (Å²) in [5, 5.41) is 12.1. The summed E-state index contributed by atoms with van der Waals surface area (Å²) in [6.07, 6.45) is 1.79. The van der Waals surface area contributed by atoms with Crippen LogP contribution in [0.4, 0.5) is 4.39 Å². The zero-order valence-electron chi connectivity index (χ0n) is 13.2. The summed E-state index contributed by atoms with van der Waals surface area (Å²) in [5.41, 5.74) is 3.54. The van der Waals surface area contributed by atoms with Crippen LogP contribution in [-0.4, -0.2) is 21.5 Å². The second kappa shape index (κ2) is 6.80. The molecule has 1 unspecified atom stereocenters. The molecule has 2 rings (SSSR count). The first-order valence-corrected chi connectivity index (χ1v) is 7.56. The van der Waals surface area contributed by atoms with Gasteiger partial charge in [0.05, 0.1) is 17.4 Å². The van der Waals surface area contributed by atoms with Crippen LogP contribution in [-0.2, 0) is 6.42 Å². The Kier molecular flexibility index (Phi) is 5.07. The molecule has 5 heteroatoms. The SMILES string of the molecule is CCNC(CC)c1nnn(-c2ccc(F)c(C)c2)c1CC. The topological polar surface area (TPSA) is 42.7 Å². The molecule has 0 aliphatic heterocycles. The van der Waals surface area contributed by atoms with Crippen molar-refractivity contribution in [2.75, 3.05) is 6.54 Å². The van der Waals surface area contributed by atoms with Crippen LogP contribution in [0.15, 0.2) is 18.2 Å². The highest BCUT2D eigenvalue weighted by molar-refractivity contribution is 5.37. The van der Waals surface area contributed by atoms with E-state index in [1.54, 1.807) is 19.1 Å². The maximum Gasteiger partial charge on any atom is 0.126 e. The van der Waals surface area contributed by atoms with Gasteiger partial charge >= 0.3 is 0 Å². The maximum atomic E-state index is 13.4. The second-order valence-electron chi connectivity index (χ2n) is 5.14. The van der Waals surface area contributed by atoms with Crippen LogP contribution in [0.1, 0.15) is 50.2 Å². The zero-order chi connectivity index (χ0) is 15.4. The van der Waals surface area contributed by atoms with Crippen molar-refractivity contribution in [3.63, 3.8) is 0 Å². The summed E-state index contributed by atoms with van der Waals surface area (Å²) < 4.78 is 15.3. The minimum Gasteiger partial charge on any atom is -0.309 e. The van der Waals surface area contributed by atoms with Crippen LogP contribution in [0.5, 0.6) is 0 Å². The Labute approximate surface area is 125 Å². The quantitative estimate of drug-likeness (QED) is 0.887. The van der Waals surface area contributed by atoms with E-state index in [2.05, 4.69) is 36.4 Å². The van der Waals surface area contributed by atoms with Gasteiger partial charge in [-0.2, -0.15) is 0 Å². The summed E-state index contributed by atoms with van der Waals surface area (Å²) in [4.78, 5) is 0. The van der Waals surface area contributed by atoms with E-state index in [1.807, 2.05) is 4.68 Å². The lowest BCUT2D eigenvalue weighted by Gasteiger charge is -2.15. The zero-order valence-corrected chi connectivity index (χ0v) is 13.2. The molecule has 1 heterocycles. The lowest BCUT2D eigenvalue weighted by Crippen LogP contribution is -2.21. The summed E-state index contributed by atoms with van der Waals surface area (Å²) in [7, 11) is 0. The molecule has 1 aromatic carbocycles. The van der Waals surface area contributed by atoms with Crippen molar-refractivity contribution in [3.05, 3.63) is 41.0 Å². The minimum atomic E-state index is -0.198. The van der Waals surface area contributed by atoms with Crippen molar-refractivity contribution in [2.24, 2.45) is 0 Å². The largest absolute Gasteiger partial charge is 0.309 e. The molecule has 1 atom stereocenters. The monoisotopic (exact) mass is 290 g/mol. The molecule has 0 spiro atoms. The first-order chi connectivity index (χ1) is 10.1. The molecular formula is C16H23FN4. The average molecular weight is 290 g/mol. The molecule has 0 saturated carbocycles. The Hall–Kier alpha value is -1.75. The lowest BCUT2D eigenvalue weighted by atomic mass is 10.1. The van der Waals surface area contributed by atoms with E-state index in [0.717, 1.165) is 36.5 Å². The number of nitrogens with one attached hydrogen (secondary N) is 1. The molecule has 114 valence electrons. The predicted octanol–water partition coefficient (Wildman–Crippen LogP) is 3.34. The molecule has 0 aliphatic rings. The summed E-state index contributed by atoms with van der Waals surface area (Å²) in [5.74, 6) is -0.198. The molecule has 21 heavy (non-hydrogen) atoms. The maximum absolute atomic E-state index is 13.4. The highest BCUT2D eigenvalue weighted by Crippen LogP contribution is 2.22. The molecule has 1 aromatic heterocycles. The molecule has 4 nitrogen and oxygen atoms in total. The van der Waals surface area contributed by atoms with Gasteiger partial charge < -0.3 is 5.32 Å². The van der Waals surface area contributed by atoms with Crippen LogP contribution < -0.4 is 5.32 Å². The van der Waals surface area contributed by atoms with Crippen LogP contribution in [0.25, 0.3) is 5.69 Å². The Morgan fingerprint density at radius 3 is 2.62 bits per heavy atom. The van der Waals surface area contributed by atoms with Gasteiger partial charge in [-0.1, -0.05) is 26.0 Å². The summed E-state index contributed by atoms with van der Waals surface area (Å²) in [6, 6.07) is 5.24. The van der Waals surface area contributed by atoms with Gasteiger partial charge in [0.2, 0.25) is 0 Å². The number of nitrogens with zero attached hydrogens (tertiary/aromatic N) is 3. The van der Waals surface area contributed by atoms with Gasteiger partial charge in [-0.3, -0.25) is 0 Å². The normalized spacial score (nSPS) is 12.6. The van der Waals surface area contributed by atoms with Gasteiger partial charge in [0.15, 0.2) is 0 Å². The first kappa shape index (κ1) is 15.6. The fourth-order valence-electron chi connectivity index (χ4n) is 2.56. The van der Waals surface area contributed by atoms with Gasteiger partial charge in [-0.05, 0) is 50.1 Å². The third-order valence-electron chi connectivity index (χ3n) is 3.70.